The van der Waals surface area contributed by atoms with Crippen LogP contribution < -0.4 is 15.4 Å². The first-order valence-electron chi connectivity index (χ1n) is 8.91. The molecule has 1 heterocycles. The Kier molecular flexibility index (Phi) is 6.16. The average molecular weight is 380 g/mol. The number of nitrogens with one attached hydrogen (secondary N) is 2. The van der Waals surface area contributed by atoms with Crippen molar-refractivity contribution >= 4 is 17.5 Å². The maximum atomic E-state index is 13.0. The van der Waals surface area contributed by atoms with Gasteiger partial charge >= 0.3 is 0 Å². The maximum Gasteiger partial charge on any atom is 0.270 e. The first-order valence-corrected chi connectivity index (χ1v) is 8.91. The highest BCUT2D eigenvalue weighted by molar-refractivity contribution is 5.92. The zero-order valence-corrected chi connectivity index (χ0v) is 15.7. The first-order chi connectivity index (χ1) is 13.5. The van der Waals surface area contributed by atoms with Gasteiger partial charge in [-0.1, -0.05) is 12.1 Å². The van der Waals surface area contributed by atoms with Gasteiger partial charge in [-0.15, -0.1) is 0 Å². The molecule has 0 atom stereocenters. The summed E-state index contributed by atoms with van der Waals surface area (Å²) < 4.78 is 18.4. The molecule has 0 fully saturated rings. The van der Waals surface area contributed by atoms with Crippen molar-refractivity contribution in [3.63, 3.8) is 0 Å². The summed E-state index contributed by atoms with van der Waals surface area (Å²) >= 11 is 0. The van der Waals surface area contributed by atoms with Crippen LogP contribution in [0.1, 0.15) is 28.7 Å². The van der Waals surface area contributed by atoms with Crippen LogP contribution in [0, 0.1) is 12.7 Å². The van der Waals surface area contributed by atoms with E-state index in [1.54, 1.807) is 25.1 Å². The Morgan fingerprint density at radius 2 is 1.79 bits per heavy atom. The Morgan fingerprint density at radius 3 is 2.46 bits per heavy atom. The molecular weight excluding hydrogens is 359 g/mol. The van der Waals surface area contributed by atoms with Crippen molar-refractivity contribution < 1.29 is 13.9 Å². The minimum atomic E-state index is -0.329. The van der Waals surface area contributed by atoms with Crippen LogP contribution in [0.3, 0.4) is 0 Å². The number of carbonyl (C=O) groups is 1. The molecule has 0 aliphatic heterocycles. The van der Waals surface area contributed by atoms with Crippen LogP contribution >= 0.6 is 0 Å². The molecule has 3 rings (SSSR count). The van der Waals surface area contributed by atoms with E-state index in [4.69, 9.17) is 4.74 Å². The summed E-state index contributed by atoms with van der Waals surface area (Å²) in [6, 6.07) is 15.0. The largest absolute Gasteiger partial charge is 0.494 e. The molecule has 1 amide bonds. The number of aryl methyl sites for hydroxylation is 1. The molecular formula is C21H21FN4O2. The lowest BCUT2D eigenvalue weighted by Crippen LogP contribution is -2.24. The fraction of sp³-hybridized carbons (Fsp3) is 0.190. The SMILES string of the molecule is CCOc1ccc(Nc2nc(C)cc(C(=O)NCc3ccc(F)cc3)n2)cc1. The number of nitrogens with zero attached hydrogens (tertiary/aromatic N) is 2. The second-order valence-electron chi connectivity index (χ2n) is 6.11. The number of hydrogen-bond acceptors (Lipinski definition) is 5. The summed E-state index contributed by atoms with van der Waals surface area (Å²) in [5.41, 5.74) is 2.50. The van der Waals surface area contributed by atoms with Gasteiger partial charge in [0.15, 0.2) is 0 Å². The van der Waals surface area contributed by atoms with Gasteiger partial charge in [0.2, 0.25) is 5.95 Å². The third-order valence-electron chi connectivity index (χ3n) is 3.87. The van der Waals surface area contributed by atoms with Crippen molar-refractivity contribution in [1.29, 1.82) is 0 Å². The molecule has 2 N–H and O–H groups in total. The van der Waals surface area contributed by atoms with Crippen molar-refractivity contribution in [3.8, 4) is 5.75 Å². The van der Waals surface area contributed by atoms with E-state index in [1.807, 2.05) is 31.2 Å². The Balaban J connectivity index is 1.67. The Morgan fingerprint density at radius 1 is 1.07 bits per heavy atom. The monoisotopic (exact) mass is 380 g/mol. The molecule has 1 aromatic heterocycles. The molecule has 28 heavy (non-hydrogen) atoms. The van der Waals surface area contributed by atoms with Gasteiger partial charge < -0.3 is 15.4 Å². The van der Waals surface area contributed by atoms with Gasteiger partial charge in [-0.25, -0.2) is 14.4 Å². The van der Waals surface area contributed by atoms with Crippen molar-refractivity contribution in [2.45, 2.75) is 20.4 Å². The Bertz CT molecular complexity index is 944. The standard InChI is InChI=1S/C21H21FN4O2/c1-3-28-18-10-8-17(9-11-18)25-21-24-14(2)12-19(26-21)20(27)23-13-15-4-6-16(22)7-5-15/h4-12H,3,13H2,1-2H3,(H,23,27)(H,24,25,26). The lowest BCUT2D eigenvalue weighted by Gasteiger charge is -2.10. The summed E-state index contributed by atoms with van der Waals surface area (Å²) in [4.78, 5) is 21.1. The molecule has 0 spiro atoms. The summed E-state index contributed by atoms with van der Waals surface area (Å²) in [5.74, 6) is 0.464. The fourth-order valence-electron chi connectivity index (χ4n) is 2.55. The predicted molar refractivity (Wildman–Crippen MR) is 105 cm³/mol. The molecule has 0 saturated carbocycles. The van der Waals surface area contributed by atoms with Crippen LogP contribution in [-0.4, -0.2) is 22.5 Å². The van der Waals surface area contributed by atoms with Gasteiger partial charge in [0.25, 0.3) is 5.91 Å². The normalized spacial score (nSPS) is 10.4. The van der Waals surface area contributed by atoms with E-state index in [0.29, 0.717) is 18.2 Å². The molecule has 3 aromatic rings. The van der Waals surface area contributed by atoms with E-state index in [1.165, 1.54) is 12.1 Å². The molecule has 0 saturated heterocycles. The predicted octanol–water partition coefficient (Wildman–Crippen LogP) is 4.00. The number of rotatable bonds is 7. The van der Waals surface area contributed by atoms with Gasteiger partial charge in [-0.3, -0.25) is 4.79 Å². The lowest BCUT2D eigenvalue weighted by atomic mass is 10.2. The molecule has 0 aliphatic rings. The molecule has 0 bridgehead atoms. The number of carbonyl (C=O) groups excluding carboxylic acids is 1. The van der Waals surface area contributed by atoms with Crippen LogP contribution in [-0.2, 0) is 6.54 Å². The van der Waals surface area contributed by atoms with Crippen LogP contribution in [0.5, 0.6) is 5.75 Å². The summed E-state index contributed by atoms with van der Waals surface area (Å²) in [7, 11) is 0. The average Bonchev–Trinajstić information content (AvgIpc) is 2.68. The fourth-order valence-corrected chi connectivity index (χ4v) is 2.55. The molecule has 7 heteroatoms. The van der Waals surface area contributed by atoms with Gasteiger partial charge in [0, 0.05) is 17.9 Å². The highest BCUT2D eigenvalue weighted by Gasteiger charge is 2.11. The number of benzene rings is 2. The van der Waals surface area contributed by atoms with Crippen LogP contribution in [0.25, 0.3) is 0 Å². The summed E-state index contributed by atoms with van der Waals surface area (Å²) in [6.07, 6.45) is 0. The first kappa shape index (κ1) is 19.3. The molecule has 6 nitrogen and oxygen atoms in total. The topological polar surface area (TPSA) is 76.1 Å². The van der Waals surface area contributed by atoms with E-state index in [9.17, 15) is 9.18 Å². The highest BCUT2D eigenvalue weighted by atomic mass is 19.1. The van der Waals surface area contributed by atoms with Crippen molar-refractivity contribution in [1.82, 2.24) is 15.3 Å². The van der Waals surface area contributed by atoms with Gasteiger partial charge in [-0.05, 0) is 61.9 Å². The van der Waals surface area contributed by atoms with E-state index in [-0.39, 0.29) is 24.0 Å². The van der Waals surface area contributed by atoms with E-state index >= 15 is 0 Å². The quantitative estimate of drug-likeness (QED) is 0.648. The third-order valence-corrected chi connectivity index (χ3v) is 3.87. The number of halogens is 1. The van der Waals surface area contributed by atoms with Gasteiger partial charge in [-0.2, -0.15) is 0 Å². The molecule has 0 aliphatic carbocycles. The number of amides is 1. The number of hydrogen-bond donors (Lipinski definition) is 2. The maximum absolute atomic E-state index is 13.0. The second-order valence-corrected chi connectivity index (χ2v) is 6.11. The minimum absolute atomic E-state index is 0.253. The molecule has 144 valence electrons. The van der Waals surface area contributed by atoms with E-state index < -0.39 is 0 Å². The molecule has 0 unspecified atom stereocenters. The molecule has 0 radical (unpaired) electrons. The highest BCUT2D eigenvalue weighted by Crippen LogP contribution is 2.18. The van der Waals surface area contributed by atoms with E-state index in [0.717, 1.165) is 17.0 Å². The Hall–Kier alpha value is -3.48. The second kappa shape index (κ2) is 8.94. The van der Waals surface area contributed by atoms with Crippen LogP contribution in [0.2, 0.25) is 0 Å². The smallest absolute Gasteiger partial charge is 0.270 e. The van der Waals surface area contributed by atoms with Crippen molar-refractivity contribution in [2.75, 3.05) is 11.9 Å². The third kappa shape index (κ3) is 5.26. The van der Waals surface area contributed by atoms with Gasteiger partial charge in [0.05, 0.1) is 6.61 Å². The van der Waals surface area contributed by atoms with Crippen LogP contribution in [0.15, 0.2) is 54.6 Å². The lowest BCUT2D eigenvalue weighted by molar-refractivity contribution is 0.0945. The van der Waals surface area contributed by atoms with Crippen molar-refractivity contribution in [2.24, 2.45) is 0 Å². The number of anilines is 2. The van der Waals surface area contributed by atoms with Crippen molar-refractivity contribution in [3.05, 3.63) is 77.4 Å². The number of aromatic nitrogens is 2. The number of ether oxygens (including phenoxy) is 1. The zero-order chi connectivity index (χ0) is 19.9. The van der Waals surface area contributed by atoms with E-state index in [2.05, 4.69) is 20.6 Å². The minimum Gasteiger partial charge on any atom is -0.494 e. The summed E-state index contributed by atoms with van der Waals surface area (Å²) in [6.45, 7) is 4.60. The Labute approximate surface area is 162 Å². The van der Waals surface area contributed by atoms with Crippen LogP contribution in [0.4, 0.5) is 16.0 Å². The zero-order valence-electron chi connectivity index (χ0n) is 15.7. The molecule has 2 aromatic carbocycles. The summed E-state index contributed by atoms with van der Waals surface area (Å²) in [5, 5.41) is 5.87. The van der Waals surface area contributed by atoms with Gasteiger partial charge in [0.1, 0.15) is 17.3 Å².